The van der Waals surface area contributed by atoms with Crippen LogP contribution in [0.2, 0.25) is 0 Å². The summed E-state index contributed by atoms with van der Waals surface area (Å²) in [5, 5.41) is 2.55. The zero-order valence-corrected chi connectivity index (χ0v) is 10.6. The Morgan fingerprint density at radius 3 is 2.72 bits per heavy atom. The molecule has 0 radical (unpaired) electrons. The molecule has 1 aromatic rings. The molecule has 98 valence electrons. The average Bonchev–Trinajstić information content (AvgIpc) is 2.28. The molecule has 0 unspecified atom stereocenters. The summed E-state index contributed by atoms with van der Waals surface area (Å²) in [6, 6.07) is 7.00. The van der Waals surface area contributed by atoms with Crippen molar-refractivity contribution in [3.8, 4) is 0 Å². The first-order valence-corrected chi connectivity index (χ1v) is 5.66. The Morgan fingerprint density at radius 1 is 1.44 bits per heavy atom. The van der Waals surface area contributed by atoms with E-state index < -0.39 is 11.9 Å². The number of nitrogens with one attached hydrogen (secondary N) is 1. The molecule has 1 rings (SSSR count). The van der Waals surface area contributed by atoms with E-state index in [1.807, 2.05) is 31.2 Å². The Morgan fingerprint density at radius 2 is 2.17 bits per heavy atom. The lowest BCUT2D eigenvalue weighted by molar-refractivity contribution is -0.129. The van der Waals surface area contributed by atoms with Crippen molar-refractivity contribution in [3.63, 3.8) is 0 Å². The van der Waals surface area contributed by atoms with Gasteiger partial charge >= 0.3 is 0 Å². The lowest BCUT2D eigenvalue weighted by Gasteiger charge is -2.15. The van der Waals surface area contributed by atoms with E-state index in [4.69, 9.17) is 5.73 Å². The van der Waals surface area contributed by atoms with Gasteiger partial charge in [0.15, 0.2) is 0 Å². The summed E-state index contributed by atoms with van der Waals surface area (Å²) in [5.74, 6) is -0.907. The van der Waals surface area contributed by atoms with Crippen molar-refractivity contribution >= 4 is 11.8 Å². The molecule has 0 aromatic heterocycles. The maximum Gasteiger partial charge on any atom is 0.246 e. The van der Waals surface area contributed by atoms with Gasteiger partial charge in [-0.05, 0) is 12.5 Å². The topological polar surface area (TPSA) is 81.4 Å². The van der Waals surface area contributed by atoms with E-state index in [-0.39, 0.29) is 12.5 Å². The van der Waals surface area contributed by atoms with Crippen LogP contribution in [0.4, 0.5) is 0 Å². The SMILES string of the molecule is COCC(=O)N[C@H](Cc1cccc(C)c1)C(N)=O. The molecular weight excluding hydrogens is 232 g/mol. The van der Waals surface area contributed by atoms with Gasteiger partial charge in [-0.3, -0.25) is 9.59 Å². The number of ether oxygens (including phenoxy) is 1. The van der Waals surface area contributed by atoms with Gasteiger partial charge in [-0.2, -0.15) is 0 Å². The summed E-state index contributed by atoms with van der Waals surface area (Å²) in [4.78, 5) is 22.7. The number of hydrogen-bond acceptors (Lipinski definition) is 3. The molecule has 2 amide bonds. The van der Waals surface area contributed by atoms with Crippen molar-refractivity contribution in [1.29, 1.82) is 0 Å². The predicted octanol–water partition coefficient (Wildman–Crippen LogP) is 0.154. The molecular formula is C13H18N2O3. The number of methoxy groups -OCH3 is 1. The molecule has 0 aliphatic rings. The van der Waals surface area contributed by atoms with Crippen LogP contribution in [0.5, 0.6) is 0 Å². The van der Waals surface area contributed by atoms with Gasteiger partial charge in [0.2, 0.25) is 11.8 Å². The van der Waals surface area contributed by atoms with Gasteiger partial charge in [0.25, 0.3) is 0 Å². The molecule has 3 N–H and O–H groups in total. The number of primary amides is 1. The number of nitrogens with two attached hydrogens (primary N) is 1. The van der Waals surface area contributed by atoms with Gasteiger partial charge in [-0.25, -0.2) is 0 Å². The Kier molecular flexibility index (Phi) is 5.32. The van der Waals surface area contributed by atoms with E-state index >= 15 is 0 Å². The molecule has 0 fully saturated rings. The van der Waals surface area contributed by atoms with Crippen LogP contribution >= 0.6 is 0 Å². The fraction of sp³-hybridized carbons (Fsp3) is 0.385. The molecule has 18 heavy (non-hydrogen) atoms. The number of carbonyl (C=O) groups is 2. The number of benzene rings is 1. The summed E-state index contributed by atoms with van der Waals surface area (Å²) in [5.41, 5.74) is 7.32. The maximum absolute atomic E-state index is 11.4. The molecule has 5 nitrogen and oxygen atoms in total. The minimum atomic E-state index is -0.713. The number of aryl methyl sites for hydroxylation is 1. The maximum atomic E-state index is 11.4. The predicted molar refractivity (Wildman–Crippen MR) is 67.9 cm³/mol. The summed E-state index contributed by atoms with van der Waals surface area (Å²) < 4.78 is 4.69. The van der Waals surface area contributed by atoms with Crippen LogP contribution in [-0.4, -0.2) is 31.6 Å². The molecule has 0 spiro atoms. The average molecular weight is 250 g/mol. The molecule has 1 atom stereocenters. The third kappa shape index (κ3) is 4.55. The molecule has 0 aliphatic carbocycles. The zero-order valence-electron chi connectivity index (χ0n) is 10.6. The van der Waals surface area contributed by atoms with Crippen molar-refractivity contribution in [2.45, 2.75) is 19.4 Å². The molecule has 0 aliphatic heterocycles. The van der Waals surface area contributed by atoms with E-state index in [2.05, 4.69) is 10.1 Å². The Balaban J connectivity index is 2.69. The van der Waals surface area contributed by atoms with Crippen LogP contribution in [0.25, 0.3) is 0 Å². The van der Waals surface area contributed by atoms with Crippen LogP contribution in [0.15, 0.2) is 24.3 Å². The van der Waals surface area contributed by atoms with Gasteiger partial charge in [0.1, 0.15) is 12.6 Å². The van der Waals surface area contributed by atoms with Gasteiger partial charge in [0.05, 0.1) is 0 Å². The zero-order chi connectivity index (χ0) is 13.5. The molecule has 1 aromatic carbocycles. The highest BCUT2D eigenvalue weighted by Gasteiger charge is 2.18. The Bertz CT molecular complexity index is 432. The third-order valence-electron chi connectivity index (χ3n) is 2.48. The second kappa shape index (κ2) is 6.76. The monoisotopic (exact) mass is 250 g/mol. The van der Waals surface area contributed by atoms with Crippen LogP contribution in [0.1, 0.15) is 11.1 Å². The standard InChI is InChI=1S/C13H18N2O3/c1-9-4-3-5-10(6-9)7-11(13(14)17)15-12(16)8-18-2/h3-6,11H,7-8H2,1-2H3,(H2,14,17)(H,15,16)/t11-/m1/s1. The molecule has 0 bridgehead atoms. The number of amides is 2. The van der Waals surface area contributed by atoms with Crippen LogP contribution < -0.4 is 11.1 Å². The molecule has 0 saturated heterocycles. The minimum Gasteiger partial charge on any atom is -0.375 e. The largest absolute Gasteiger partial charge is 0.375 e. The van der Waals surface area contributed by atoms with E-state index in [9.17, 15) is 9.59 Å². The van der Waals surface area contributed by atoms with Crippen molar-refractivity contribution in [3.05, 3.63) is 35.4 Å². The van der Waals surface area contributed by atoms with Crippen LogP contribution in [0.3, 0.4) is 0 Å². The third-order valence-corrected chi connectivity index (χ3v) is 2.48. The van der Waals surface area contributed by atoms with Crippen LogP contribution in [-0.2, 0) is 20.7 Å². The molecule has 0 saturated carbocycles. The lowest BCUT2D eigenvalue weighted by Crippen LogP contribution is -2.47. The van der Waals surface area contributed by atoms with Gasteiger partial charge in [0, 0.05) is 13.5 Å². The number of hydrogen-bond donors (Lipinski definition) is 2. The fourth-order valence-electron chi connectivity index (χ4n) is 1.66. The summed E-state index contributed by atoms with van der Waals surface area (Å²) in [7, 11) is 1.42. The van der Waals surface area contributed by atoms with E-state index in [0.717, 1.165) is 11.1 Å². The highest BCUT2D eigenvalue weighted by molar-refractivity contribution is 5.87. The first-order valence-electron chi connectivity index (χ1n) is 5.66. The molecule has 0 heterocycles. The second-order valence-corrected chi connectivity index (χ2v) is 4.15. The van der Waals surface area contributed by atoms with Crippen molar-refractivity contribution in [2.75, 3.05) is 13.7 Å². The minimum absolute atomic E-state index is 0.0857. The van der Waals surface area contributed by atoms with Gasteiger partial charge in [-0.15, -0.1) is 0 Å². The van der Waals surface area contributed by atoms with E-state index in [0.29, 0.717) is 6.42 Å². The number of rotatable bonds is 6. The van der Waals surface area contributed by atoms with Crippen molar-refractivity contribution in [1.82, 2.24) is 5.32 Å². The summed E-state index contributed by atoms with van der Waals surface area (Å²) >= 11 is 0. The summed E-state index contributed by atoms with van der Waals surface area (Å²) in [6.45, 7) is 1.88. The highest BCUT2D eigenvalue weighted by Crippen LogP contribution is 2.06. The van der Waals surface area contributed by atoms with Gasteiger partial charge < -0.3 is 15.8 Å². The first kappa shape index (κ1) is 14.2. The Hall–Kier alpha value is -1.88. The highest BCUT2D eigenvalue weighted by atomic mass is 16.5. The normalized spacial score (nSPS) is 11.9. The second-order valence-electron chi connectivity index (χ2n) is 4.15. The van der Waals surface area contributed by atoms with Gasteiger partial charge in [-0.1, -0.05) is 29.8 Å². The molecule has 5 heteroatoms. The summed E-state index contributed by atoms with van der Waals surface area (Å²) in [6.07, 6.45) is 0.381. The first-order chi connectivity index (χ1) is 8.52. The fourth-order valence-corrected chi connectivity index (χ4v) is 1.66. The van der Waals surface area contributed by atoms with Crippen molar-refractivity contribution < 1.29 is 14.3 Å². The smallest absolute Gasteiger partial charge is 0.246 e. The Labute approximate surface area is 106 Å². The van der Waals surface area contributed by atoms with Crippen molar-refractivity contribution in [2.24, 2.45) is 5.73 Å². The van der Waals surface area contributed by atoms with Crippen LogP contribution in [0, 0.1) is 6.92 Å². The quantitative estimate of drug-likeness (QED) is 0.754. The van der Waals surface area contributed by atoms with E-state index in [1.165, 1.54) is 7.11 Å². The number of carbonyl (C=O) groups excluding carboxylic acids is 2. The lowest BCUT2D eigenvalue weighted by atomic mass is 10.0. The van der Waals surface area contributed by atoms with E-state index in [1.54, 1.807) is 0 Å².